The quantitative estimate of drug-likeness (QED) is 0.594. The molecule has 2 aromatic rings. The minimum atomic E-state index is -0.258. The molecule has 0 atom stereocenters. The second-order valence-electron chi connectivity index (χ2n) is 8.24. The molecule has 174 valence electrons. The standard InChI is InChI=1S/C24H34N4O4/c1-5-26-10-12-27(13-11-26)23(29)8-9-28(14-15-31-4)24(30)21-17-22(32-25-21)20-16-18(2)6-7-19(20)3/h6-7,16-17H,5,8-15H2,1-4H3. The zero-order valence-corrected chi connectivity index (χ0v) is 19.6. The Bertz CT molecular complexity index is 918. The number of hydrogen-bond acceptors (Lipinski definition) is 6. The molecule has 1 aromatic heterocycles. The normalized spacial score (nSPS) is 14.6. The molecular weight excluding hydrogens is 408 g/mol. The second-order valence-corrected chi connectivity index (χ2v) is 8.24. The lowest BCUT2D eigenvalue weighted by Crippen LogP contribution is -2.49. The summed E-state index contributed by atoms with van der Waals surface area (Å²) in [5.41, 5.74) is 3.31. The first-order chi connectivity index (χ1) is 15.4. The summed E-state index contributed by atoms with van der Waals surface area (Å²) in [6, 6.07) is 7.75. The molecule has 2 heterocycles. The maximum atomic E-state index is 13.1. The van der Waals surface area contributed by atoms with E-state index in [4.69, 9.17) is 9.26 Å². The van der Waals surface area contributed by atoms with Gasteiger partial charge < -0.3 is 24.0 Å². The van der Waals surface area contributed by atoms with Crippen LogP contribution in [0.2, 0.25) is 0 Å². The Kier molecular flexibility index (Phi) is 8.41. The predicted molar refractivity (Wildman–Crippen MR) is 123 cm³/mol. The minimum Gasteiger partial charge on any atom is -0.383 e. The third-order valence-corrected chi connectivity index (χ3v) is 6.01. The number of aryl methyl sites for hydroxylation is 2. The highest BCUT2D eigenvalue weighted by molar-refractivity contribution is 5.93. The van der Waals surface area contributed by atoms with E-state index in [0.717, 1.165) is 49.4 Å². The second kappa shape index (κ2) is 11.2. The van der Waals surface area contributed by atoms with Crippen LogP contribution in [-0.2, 0) is 9.53 Å². The van der Waals surface area contributed by atoms with Crippen LogP contribution in [0, 0.1) is 13.8 Å². The van der Waals surface area contributed by atoms with E-state index in [0.29, 0.717) is 25.5 Å². The number of benzene rings is 1. The first-order valence-corrected chi connectivity index (χ1v) is 11.3. The molecule has 0 bridgehead atoms. The molecule has 0 radical (unpaired) electrons. The van der Waals surface area contributed by atoms with Crippen LogP contribution in [0.3, 0.4) is 0 Å². The van der Waals surface area contributed by atoms with Gasteiger partial charge in [-0.25, -0.2) is 0 Å². The summed E-state index contributed by atoms with van der Waals surface area (Å²) >= 11 is 0. The molecule has 0 N–H and O–H groups in total. The van der Waals surface area contributed by atoms with Gasteiger partial charge in [-0.15, -0.1) is 0 Å². The summed E-state index contributed by atoms with van der Waals surface area (Å²) in [6.45, 7) is 11.5. The van der Waals surface area contributed by atoms with Crippen LogP contribution in [0.15, 0.2) is 28.8 Å². The molecule has 0 unspecified atom stereocenters. The van der Waals surface area contributed by atoms with Crippen molar-refractivity contribution in [2.24, 2.45) is 0 Å². The van der Waals surface area contributed by atoms with Gasteiger partial charge in [0.15, 0.2) is 11.5 Å². The molecule has 1 saturated heterocycles. The van der Waals surface area contributed by atoms with Crippen molar-refractivity contribution in [1.29, 1.82) is 0 Å². The van der Waals surface area contributed by atoms with Crippen molar-refractivity contribution in [1.82, 2.24) is 19.9 Å². The number of piperazine rings is 1. The van der Waals surface area contributed by atoms with Crippen molar-refractivity contribution in [3.05, 3.63) is 41.1 Å². The van der Waals surface area contributed by atoms with E-state index < -0.39 is 0 Å². The summed E-state index contributed by atoms with van der Waals surface area (Å²) in [7, 11) is 1.59. The van der Waals surface area contributed by atoms with E-state index in [1.54, 1.807) is 18.1 Å². The van der Waals surface area contributed by atoms with Crippen LogP contribution in [0.5, 0.6) is 0 Å². The Morgan fingerprint density at radius 2 is 1.88 bits per heavy atom. The van der Waals surface area contributed by atoms with Crippen LogP contribution in [0.1, 0.15) is 35.0 Å². The minimum absolute atomic E-state index is 0.0761. The van der Waals surface area contributed by atoms with Gasteiger partial charge in [0.1, 0.15) is 0 Å². The summed E-state index contributed by atoms with van der Waals surface area (Å²) in [5.74, 6) is 0.379. The Morgan fingerprint density at radius 3 is 2.56 bits per heavy atom. The first kappa shape index (κ1) is 23.9. The monoisotopic (exact) mass is 442 g/mol. The third kappa shape index (κ3) is 5.95. The van der Waals surface area contributed by atoms with Crippen molar-refractivity contribution in [2.45, 2.75) is 27.2 Å². The van der Waals surface area contributed by atoms with Crippen molar-refractivity contribution in [2.75, 3.05) is 59.5 Å². The zero-order valence-electron chi connectivity index (χ0n) is 19.6. The summed E-state index contributed by atoms with van der Waals surface area (Å²) in [5, 5.41) is 4.02. The molecule has 0 aliphatic carbocycles. The van der Waals surface area contributed by atoms with Crippen molar-refractivity contribution in [3.8, 4) is 11.3 Å². The largest absolute Gasteiger partial charge is 0.383 e. The number of ether oxygens (including phenoxy) is 1. The van der Waals surface area contributed by atoms with Gasteiger partial charge in [0.25, 0.3) is 5.91 Å². The highest BCUT2D eigenvalue weighted by Crippen LogP contribution is 2.25. The van der Waals surface area contributed by atoms with Gasteiger partial charge in [-0.05, 0) is 32.0 Å². The van der Waals surface area contributed by atoms with Crippen LogP contribution in [-0.4, -0.2) is 91.2 Å². The number of amides is 2. The van der Waals surface area contributed by atoms with E-state index in [9.17, 15) is 9.59 Å². The lowest BCUT2D eigenvalue weighted by atomic mass is 10.0. The van der Waals surface area contributed by atoms with E-state index in [2.05, 4.69) is 17.0 Å². The number of carbonyl (C=O) groups excluding carboxylic acids is 2. The van der Waals surface area contributed by atoms with Gasteiger partial charge in [-0.1, -0.05) is 29.8 Å². The van der Waals surface area contributed by atoms with Crippen LogP contribution in [0.25, 0.3) is 11.3 Å². The van der Waals surface area contributed by atoms with Gasteiger partial charge in [0, 0.05) is 64.4 Å². The number of hydrogen-bond donors (Lipinski definition) is 0. The lowest BCUT2D eigenvalue weighted by Gasteiger charge is -2.34. The summed E-state index contributed by atoms with van der Waals surface area (Å²) < 4.78 is 10.7. The number of likely N-dealkylation sites (N-methyl/N-ethyl adjacent to an activating group) is 1. The molecule has 1 aromatic carbocycles. The molecular formula is C24H34N4O4. The Morgan fingerprint density at radius 1 is 1.12 bits per heavy atom. The number of methoxy groups -OCH3 is 1. The average Bonchev–Trinajstić information content (AvgIpc) is 3.30. The van der Waals surface area contributed by atoms with Crippen molar-refractivity contribution >= 4 is 11.8 Å². The van der Waals surface area contributed by atoms with E-state index in [-0.39, 0.29) is 23.9 Å². The fourth-order valence-corrected chi connectivity index (χ4v) is 3.88. The maximum Gasteiger partial charge on any atom is 0.276 e. The SMILES string of the molecule is CCN1CCN(C(=O)CCN(CCOC)C(=O)c2cc(-c3cc(C)ccc3C)on2)CC1. The lowest BCUT2D eigenvalue weighted by molar-refractivity contribution is -0.133. The zero-order chi connectivity index (χ0) is 23.1. The highest BCUT2D eigenvalue weighted by Gasteiger charge is 2.24. The van der Waals surface area contributed by atoms with Gasteiger partial charge in [-0.2, -0.15) is 0 Å². The molecule has 1 aliphatic rings. The number of aromatic nitrogens is 1. The predicted octanol–water partition coefficient (Wildman–Crippen LogP) is 2.60. The molecule has 1 fully saturated rings. The average molecular weight is 443 g/mol. The highest BCUT2D eigenvalue weighted by atomic mass is 16.5. The first-order valence-electron chi connectivity index (χ1n) is 11.3. The number of nitrogens with zero attached hydrogens (tertiary/aromatic N) is 4. The summed E-state index contributed by atoms with van der Waals surface area (Å²) in [4.78, 5) is 31.7. The molecule has 32 heavy (non-hydrogen) atoms. The number of carbonyl (C=O) groups is 2. The van der Waals surface area contributed by atoms with E-state index in [1.807, 2.05) is 36.9 Å². The van der Waals surface area contributed by atoms with E-state index >= 15 is 0 Å². The van der Waals surface area contributed by atoms with Crippen LogP contribution >= 0.6 is 0 Å². The van der Waals surface area contributed by atoms with Gasteiger partial charge in [0.05, 0.1) is 6.61 Å². The molecule has 0 saturated carbocycles. The van der Waals surface area contributed by atoms with Crippen molar-refractivity contribution < 1.29 is 18.8 Å². The summed E-state index contributed by atoms with van der Waals surface area (Å²) in [6.07, 6.45) is 0.281. The molecule has 8 nitrogen and oxygen atoms in total. The molecule has 1 aliphatic heterocycles. The topological polar surface area (TPSA) is 79.1 Å². The van der Waals surface area contributed by atoms with Crippen LogP contribution < -0.4 is 0 Å². The van der Waals surface area contributed by atoms with Gasteiger partial charge in [0.2, 0.25) is 5.91 Å². The molecule has 3 rings (SSSR count). The van der Waals surface area contributed by atoms with Gasteiger partial charge >= 0.3 is 0 Å². The molecule has 0 spiro atoms. The Labute approximate surface area is 190 Å². The van der Waals surface area contributed by atoms with Gasteiger partial charge in [-0.3, -0.25) is 9.59 Å². The molecule has 8 heteroatoms. The maximum absolute atomic E-state index is 13.1. The van der Waals surface area contributed by atoms with Crippen LogP contribution in [0.4, 0.5) is 0 Å². The van der Waals surface area contributed by atoms with Crippen molar-refractivity contribution in [3.63, 3.8) is 0 Å². The Hall–Kier alpha value is -2.71. The number of rotatable bonds is 9. The van der Waals surface area contributed by atoms with E-state index in [1.165, 1.54) is 0 Å². The smallest absolute Gasteiger partial charge is 0.276 e. The Balaban J connectivity index is 1.65. The fourth-order valence-electron chi connectivity index (χ4n) is 3.88. The molecule has 2 amide bonds. The fraction of sp³-hybridized carbons (Fsp3) is 0.542. The third-order valence-electron chi connectivity index (χ3n) is 6.01.